The topological polar surface area (TPSA) is 86.8 Å². The fourth-order valence-corrected chi connectivity index (χ4v) is 6.21. The smallest absolute Gasteiger partial charge is 0.308 e. The third-order valence-electron chi connectivity index (χ3n) is 8.41. The minimum absolute atomic E-state index is 0.00666. The minimum Gasteiger partial charge on any atom is -0.469 e. The molecule has 0 N–H and O–H groups in total. The number of esters is 1. The van der Waals surface area contributed by atoms with Crippen molar-refractivity contribution in [2.45, 2.75) is 56.8 Å². The zero-order chi connectivity index (χ0) is 28.7. The van der Waals surface area contributed by atoms with Crippen molar-refractivity contribution in [3.05, 3.63) is 54.0 Å². The van der Waals surface area contributed by atoms with Crippen molar-refractivity contribution in [1.82, 2.24) is 14.5 Å². The summed E-state index contributed by atoms with van der Waals surface area (Å²) < 4.78 is 47.3. The van der Waals surface area contributed by atoms with Crippen molar-refractivity contribution in [3.8, 4) is 11.5 Å². The predicted octanol–water partition coefficient (Wildman–Crippen LogP) is 5.36. The molecule has 1 saturated carbocycles. The van der Waals surface area contributed by atoms with E-state index in [9.17, 15) is 18.4 Å². The lowest BCUT2D eigenvalue weighted by Gasteiger charge is -2.30. The molecule has 216 valence electrons. The van der Waals surface area contributed by atoms with Gasteiger partial charge in [-0.1, -0.05) is 6.07 Å². The molecule has 2 aromatic carbocycles. The summed E-state index contributed by atoms with van der Waals surface area (Å²) in [4.78, 5) is 31.2. The van der Waals surface area contributed by atoms with E-state index in [1.54, 1.807) is 23.1 Å². The SMILES string of the molecule is COC(=O)C1CCC(OC[C@@H]2C[C@H](F)CN2C(=O)Cc2ccc3nc(-c4cn(C)c5ccc(F)cc45)oc3c2)CC1. The van der Waals surface area contributed by atoms with Gasteiger partial charge in [0.25, 0.3) is 0 Å². The number of fused-ring (bicyclic) bond motifs is 2. The summed E-state index contributed by atoms with van der Waals surface area (Å²) >= 11 is 0. The van der Waals surface area contributed by atoms with Gasteiger partial charge < -0.3 is 23.4 Å². The number of aryl methyl sites for hydroxylation is 1. The summed E-state index contributed by atoms with van der Waals surface area (Å²) in [6.45, 7) is 0.324. The number of oxazole rings is 1. The first-order chi connectivity index (χ1) is 19.8. The van der Waals surface area contributed by atoms with E-state index in [-0.39, 0.29) is 61.8 Å². The van der Waals surface area contributed by atoms with E-state index in [0.717, 1.165) is 23.9 Å². The number of nitrogens with zero attached hydrogens (tertiary/aromatic N) is 3. The number of likely N-dealkylation sites (tertiary alicyclic amines) is 1. The lowest BCUT2D eigenvalue weighted by Crippen LogP contribution is -2.40. The van der Waals surface area contributed by atoms with E-state index in [2.05, 4.69) is 4.98 Å². The van der Waals surface area contributed by atoms with Crippen LogP contribution in [0.4, 0.5) is 8.78 Å². The van der Waals surface area contributed by atoms with Crippen molar-refractivity contribution < 1.29 is 32.3 Å². The highest BCUT2D eigenvalue weighted by Crippen LogP contribution is 2.33. The Morgan fingerprint density at radius 2 is 1.93 bits per heavy atom. The number of benzene rings is 2. The molecular weight excluding hydrogens is 532 g/mol. The fraction of sp³-hybridized carbons (Fsp3) is 0.452. The highest BCUT2D eigenvalue weighted by molar-refractivity contribution is 5.95. The van der Waals surface area contributed by atoms with Gasteiger partial charge in [-0.15, -0.1) is 0 Å². The maximum Gasteiger partial charge on any atom is 0.308 e. The van der Waals surface area contributed by atoms with Crippen LogP contribution < -0.4 is 0 Å². The van der Waals surface area contributed by atoms with Crippen molar-refractivity contribution in [1.29, 1.82) is 0 Å². The van der Waals surface area contributed by atoms with Gasteiger partial charge in [0.1, 0.15) is 17.5 Å². The van der Waals surface area contributed by atoms with Gasteiger partial charge in [0.05, 0.1) is 50.3 Å². The number of carbonyl (C=O) groups excluding carboxylic acids is 2. The van der Waals surface area contributed by atoms with Crippen LogP contribution in [0.1, 0.15) is 37.7 Å². The molecule has 0 spiro atoms. The van der Waals surface area contributed by atoms with Gasteiger partial charge in [0.2, 0.25) is 11.8 Å². The fourth-order valence-electron chi connectivity index (χ4n) is 6.21. The first-order valence-corrected chi connectivity index (χ1v) is 14.1. The van der Waals surface area contributed by atoms with Crippen molar-refractivity contribution >= 4 is 33.9 Å². The lowest BCUT2D eigenvalue weighted by atomic mass is 9.87. The van der Waals surface area contributed by atoms with Crippen LogP contribution in [-0.4, -0.2) is 64.9 Å². The molecule has 1 aliphatic heterocycles. The number of methoxy groups -OCH3 is 1. The van der Waals surface area contributed by atoms with Crippen molar-refractivity contribution in [2.24, 2.45) is 13.0 Å². The summed E-state index contributed by atoms with van der Waals surface area (Å²) in [5.41, 5.74) is 3.42. The van der Waals surface area contributed by atoms with E-state index in [0.29, 0.717) is 40.8 Å². The Balaban J connectivity index is 1.12. The summed E-state index contributed by atoms with van der Waals surface area (Å²) in [5.74, 6) is -0.407. The Kier molecular flexibility index (Phi) is 7.50. The number of halogens is 2. The molecule has 0 radical (unpaired) electrons. The second-order valence-corrected chi connectivity index (χ2v) is 11.2. The van der Waals surface area contributed by atoms with Gasteiger partial charge >= 0.3 is 5.97 Å². The van der Waals surface area contributed by atoms with E-state index < -0.39 is 6.17 Å². The molecule has 10 heteroatoms. The Bertz CT molecular complexity index is 1590. The molecule has 8 nitrogen and oxygen atoms in total. The standard InChI is InChI=1S/C31H33F2N3O5/c1-35-16-25(24-14-20(32)6-10-27(24)35)30-34-26-9-3-18(11-28(26)41-30)12-29(37)36-15-21(33)13-22(36)17-40-23-7-4-19(5-8-23)31(38)39-2/h3,6,9-11,14,16,19,21-23H,4-5,7-8,12-13,15,17H2,1-2H3/t19?,21-,22-,23?/m0/s1. The zero-order valence-corrected chi connectivity index (χ0v) is 23.1. The van der Waals surface area contributed by atoms with Gasteiger partial charge in [-0.2, -0.15) is 0 Å². The van der Waals surface area contributed by atoms with E-state index in [1.807, 2.05) is 23.9 Å². The van der Waals surface area contributed by atoms with Crippen LogP contribution in [0.25, 0.3) is 33.5 Å². The van der Waals surface area contributed by atoms with Crippen LogP contribution in [0.2, 0.25) is 0 Å². The first-order valence-electron chi connectivity index (χ1n) is 14.1. The van der Waals surface area contributed by atoms with Crippen LogP contribution in [0, 0.1) is 11.7 Å². The van der Waals surface area contributed by atoms with Gasteiger partial charge in [0.15, 0.2) is 5.58 Å². The number of hydrogen-bond donors (Lipinski definition) is 0. The average Bonchev–Trinajstić information content (AvgIpc) is 3.65. The second kappa shape index (κ2) is 11.2. The minimum atomic E-state index is -1.09. The van der Waals surface area contributed by atoms with Crippen LogP contribution in [-0.2, 0) is 32.5 Å². The highest BCUT2D eigenvalue weighted by Gasteiger charge is 2.36. The predicted molar refractivity (Wildman–Crippen MR) is 148 cm³/mol. The lowest BCUT2D eigenvalue weighted by molar-refractivity contribution is -0.148. The molecule has 2 fully saturated rings. The maximum absolute atomic E-state index is 14.4. The number of carbonyl (C=O) groups is 2. The number of hydrogen-bond acceptors (Lipinski definition) is 6. The van der Waals surface area contributed by atoms with Crippen LogP contribution >= 0.6 is 0 Å². The molecule has 1 aliphatic carbocycles. The summed E-state index contributed by atoms with van der Waals surface area (Å²) in [6.07, 6.45) is 4.00. The molecule has 2 aromatic heterocycles. The number of ether oxygens (including phenoxy) is 2. The summed E-state index contributed by atoms with van der Waals surface area (Å²) in [6, 6.07) is 9.67. The van der Waals surface area contributed by atoms with E-state index >= 15 is 0 Å². The molecule has 4 aromatic rings. The van der Waals surface area contributed by atoms with Crippen LogP contribution in [0.15, 0.2) is 47.0 Å². The number of aromatic nitrogens is 2. The molecule has 2 aliphatic rings. The van der Waals surface area contributed by atoms with Crippen molar-refractivity contribution in [3.63, 3.8) is 0 Å². The molecule has 3 heterocycles. The quantitative estimate of drug-likeness (QED) is 0.281. The van der Waals surface area contributed by atoms with Gasteiger partial charge in [0, 0.05) is 30.6 Å². The molecule has 1 saturated heterocycles. The van der Waals surface area contributed by atoms with E-state index in [4.69, 9.17) is 13.9 Å². The molecular formula is C31H33F2N3O5. The number of amides is 1. The zero-order valence-electron chi connectivity index (χ0n) is 23.1. The second-order valence-electron chi connectivity index (χ2n) is 11.2. The average molecular weight is 566 g/mol. The van der Waals surface area contributed by atoms with Gasteiger partial charge in [-0.3, -0.25) is 9.59 Å². The Labute approximate surface area is 236 Å². The molecule has 0 bridgehead atoms. The Hall–Kier alpha value is -3.79. The third-order valence-corrected chi connectivity index (χ3v) is 8.41. The van der Waals surface area contributed by atoms with E-state index in [1.165, 1.54) is 19.2 Å². The maximum atomic E-state index is 14.4. The summed E-state index contributed by atoms with van der Waals surface area (Å²) in [5, 5.41) is 0.703. The molecule has 2 atom stereocenters. The largest absolute Gasteiger partial charge is 0.469 e. The monoisotopic (exact) mass is 565 g/mol. The first kappa shape index (κ1) is 27.4. The van der Waals surface area contributed by atoms with Crippen LogP contribution in [0.5, 0.6) is 0 Å². The Morgan fingerprint density at radius 3 is 2.71 bits per heavy atom. The normalized spacial score (nSPS) is 23.0. The third kappa shape index (κ3) is 5.57. The summed E-state index contributed by atoms with van der Waals surface area (Å²) in [7, 11) is 3.28. The molecule has 6 rings (SSSR count). The van der Waals surface area contributed by atoms with Gasteiger partial charge in [-0.25, -0.2) is 13.8 Å². The van der Waals surface area contributed by atoms with Crippen LogP contribution in [0.3, 0.4) is 0 Å². The molecule has 1 amide bonds. The molecule has 0 unspecified atom stereocenters. The highest BCUT2D eigenvalue weighted by atomic mass is 19.1. The Morgan fingerprint density at radius 1 is 1.12 bits per heavy atom. The number of rotatable bonds is 7. The number of alkyl halides is 1. The van der Waals surface area contributed by atoms with Crippen molar-refractivity contribution in [2.75, 3.05) is 20.3 Å². The molecule has 41 heavy (non-hydrogen) atoms. The van der Waals surface area contributed by atoms with Gasteiger partial charge in [-0.05, 0) is 61.6 Å².